The predicted octanol–water partition coefficient (Wildman–Crippen LogP) is 0.457. The highest BCUT2D eigenvalue weighted by molar-refractivity contribution is 6.38. The molecule has 1 atom stereocenters. The fraction of sp³-hybridized carbons (Fsp3) is 0.471. The molecule has 0 saturated carbocycles. The molecule has 2 aliphatic rings. The first kappa shape index (κ1) is 17.1. The van der Waals surface area contributed by atoms with E-state index >= 15 is 0 Å². The number of nitrogens with one attached hydrogen (secondary N) is 1. The lowest BCUT2D eigenvalue weighted by molar-refractivity contribution is -0.112. The fourth-order valence-electron chi connectivity index (χ4n) is 2.99. The van der Waals surface area contributed by atoms with Gasteiger partial charge in [-0.1, -0.05) is 17.3 Å². The van der Waals surface area contributed by atoms with Crippen LogP contribution < -0.4 is 16.0 Å². The monoisotopic (exact) mass is 345 g/mol. The Morgan fingerprint density at radius 2 is 2.08 bits per heavy atom. The number of oxime groups is 1. The van der Waals surface area contributed by atoms with Crippen LogP contribution in [0, 0.1) is 6.92 Å². The summed E-state index contributed by atoms with van der Waals surface area (Å²) in [5, 5.41) is 6.46. The number of hydrogen-bond donors (Lipinski definition) is 2. The van der Waals surface area contributed by atoms with Gasteiger partial charge in [-0.3, -0.25) is 4.79 Å². The second-order valence-electron chi connectivity index (χ2n) is 6.33. The van der Waals surface area contributed by atoms with Crippen LogP contribution in [0.5, 0.6) is 0 Å². The minimum absolute atomic E-state index is 0.125. The van der Waals surface area contributed by atoms with Gasteiger partial charge < -0.3 is 25.7 Å². The third-order valence-corrected chi connectivity index (χ3v) is 4.43. The number of aryl methyl sites for hydroxylation is 1. The molecule has 0 unspecified atom stereocenters. The lowest BCUT2D eigenvalue weighted by Gasteiger charge is -2.36. The quantitative estimate of drug-likeness (QED) is 0.828. The van der Waals surface area contributed by atoms with E-state index in [0.717, 1.165) is 13.1 Å². The zero-order valence-corrected chi connectivity index (χ0v) is 14.3. The topological polar surface area (TPSA) is 100 Å². The number of rotatable bonds is 4. The third kappa shape index (κ3) is 4.20. The van der Waals surface area contributed by atoms with Crippen molar-refractivity contribution in [1.82, 2.24) is 10.2 Å². The average Bonchev–Trinajstić information content (AvgIpc) is 3.09. The van der Waals surface area contributed by atoms with Crippen molar-refractivity contribution in [2.75, 3.05) is 37.6 Å². The third-order valence-electron chi connectivity index (χ3n) is 4.43. The van der Waals surface area contributed by atoms with Crippen LogP contribution in [0.2, 0.25) is 0 Å². The molecule has 0 radical (unpaired) electrons. The lowest BCUT2D eigenvalue weighted by Crippen LogP contribution is -2.52. The maximum atomic E-state index is 12.3. The van der Waals surface area contributed by atoms with E-state index in [-0.39, 0.29) is 17.8 Å². The molecule has 1 aromatic carbocycles. The van der Waals surface area contributed by atoms with Crippen molar-refractivity contribution in [1.29, 1.82) is 0 Å². The Balaban J connectivity index is 1.42. The molecular formula is C17H23N5O3. The summed E-state index contributed by atoms with van der Waals surface area (Å²) in [5.74, 6) is -0.582. The predicted molar refractivity (Wildman–Crippen MR) is 94.5 cm³/mol. The van der Waals surface area contributed by atoms with Crippen molar-refractivity contribution < 1.29 is 14.4 Å². The Morgan fingerprint density at radius 3 is 2.72 bits per heavy atom. The van der Waals surface area contributed by atoms with Gasteiger partial charge in [0.1, 0.15) is 5.71 Å². The molecule has 8 heteroatoms. The average molecular weight is 345 g/mol. The Labute approximate surface area is 146 Å². The summed E-state index contributed by atoms with van der Waals surface area (Å²) in [5.41, 5.74) is 7.79. The first-order valence-corrected chi connectivity index (χ1v) is 8.40. The second-order valence-corrected chi connectivity index (χ2v) is 6.33. The minimum Gasteiger partial charge on any atom is -0.390 e. The first-order valence-electron chi connectivity index (χ1n) is 8.40. The molecule has 2 aliphatic heterocycles. The van der Waals surface area contributed by atoms with E-state index in [4.69, 9.17) is 10.6 Å². The van der Waals surface area contributed by atoms with Crippen molar-refractivity contribution in [3.63, 3.8) is 0 Å². The van der Waals surface area contributed by atoms with Gasteiger partial charge in [-0.15, -0.1) is 0 Å². The van der Waals surface area contributed by atoms with Crippen LogP contribution in [0.3, 0.4) is 0 Å². The molecule has 2 heterocycles. The molecule has 25 heavy (non-hydrogen) atoms. The molecule has 0 bridgehead atoms. The number of nitrogens with two attached hydrogens (primary N) is 1. The van der Waals surface area contributed by atoms with E-state index in [0.29, 0.717) is 26.1 Å². The Morgan fingerprint density at radius 1 is 1.32 bits per heavy atom. The number of piperazine rings is 1. The molecule has 3 amide bonds. The number of nitrogens with zero attached hydrogens (tertiary/aromatic N) is 3. The smallest absolute Gasteiger partial charge is 0.317 e. The van der Waals surface area contributed by atoms with Gasteiger partial charge in [-0.2, -0.15) is 0 Å². The molecule has 134 valence electrons. The number of benzene rings is 1. The molecule has 8 nitrogen and oxygen atoms in total. The number of urea groups is 1. The first-order chi connectivity index (χ1) is 12.0. The molecule has 1 aromatic rings. The second kappa shape index (κ2) is 7.42. The molecule has 3 rings (SSSR count). The van der Waals surface area contributed by atoms with Gasteiger partial charge in [0.25, 0.3) is 5.91 Å². The van der Waals surface area contributed by atoms with Crippen LogP contribution in [-0.2, 0) is 9.63 Å². The molecule has 1 saturated heterocycles. The van der Waals surface area contributed by atoms with E-state index in [1.807, 2.05) is 6.07 Å². The number of amides is 3. The fourth-order valence-corrected chi connectivity index (χ4v) is 2.99. The van der Waals surface area contributed by atoms with Gasteiger partial charge >= 0.3 is 6.03 Å². The Hall–Kier alpha value is -2.77. The van der Waals surface area contributed by atoms with E-state index in [9.17, 15) is 9.59 Å². The van der Waals surface area contributed by atoms with Crippen molar-refractivity contribution in [3.8, 4) is 0 Å². The zero-order chi connectivity index (χ0) is 17.8. The number of carbonyl (C=O) groups excluding carboxylic acids is 2. The van der Waals surface area contributed by atoms with Crippen molar-refractivity contribution >= 4 is 23.3 Å². The molecule has 0 spiro atoms. The summed E-state index contributed by atoms with van der Waals surface area (Å²) >= 11 is 0. The molecule has 0 aliphatic carbocycles. The Bertz CT molecular complexity index is 683. The van der Waals surface area contributed by atoms with Crippen LogP contribution in [0.15, 0.2) is 29.4 Å². The summed E-state index contributed by atoms with van der Waals surface area (Å²) in [7, 11) is 0. The highest BCUT2D eigenvalue weighted by Crippen LogP contribution is 2.18. The van der Waals surface area contributed by atoms with Gasteiger partial charge in [0.05, 0.1) is 6.54 Å². The summed E-state index contributed by atoms with van der Waals surface area (Å²) in [4.78, 5) is 32.5. The van der Waals surface area contributed by atoms with Crippen LogP contribution in [-0.4, -0.2) is 61.4 Å². The highest BCUT2D eigenvalue weighted by atomic mass is 16.6. The molecule has 3 N–H and O–H groups in total. The molecule has 1 fully saturated rings. The van der Waals surface area contributed by atoms with E-state index in [2.05, 4.69) is 40.5 Å². The summed E-state index contributed by atoms with van der Waals surface area (Å²) in [6.07, 6.45) is -0.00319. The van der Waals surface area contributed by atoms with Crippen LogP contribution in [0.1, 0.15) is 12.0 Å². The van der Waals surface area contributed by atoms with Crippen molar-refractivity contribution in [2.24, 2.45) is 10.9 Å². The van der Waals surface area contributed by atoms with Gasteiger partial charge in [-0.25, -0.2) is 4.79 Å². The zero-order valence-electron chi connectivity index (χ0n) is 14.3. The largest absolute Gasteiger partial charge is 0.390 e. The van der Waals surface area contributed by atoms with Crippen molar-refractivity contribution in [2.45, 2.75) is 19.4 Å². The summed E-state index contributed by atoms with van der Waals surface area (Å²) in [6, 6.07) is 8.25. The maximum absolute atomic E-state index is 12.3. The number of hydrogen-bond acceptors (Lipinski definition) is 5. The SMILES string of the molecule is Cc1cccc(N2CCN(C(=O)NC[C@H]3CC(C(N)=O)=NO3)CC2)c1. The van der Waals surface area contributed by atoms with Gasteiger partial charge in [0, 0.05) is 38.3 Å². The lowest BCUT2D eigenvalue weighted by atomic mass is 10.2. The summed E-state index contributed by atoms with van der Waals surface area (Å²) < 4.78 is 0. The van der Waals surface area contributed by atoms with Crippen LogP contribution >= 0.6 is 0 Å². The van der Waals surface area contributed by atoms with E-state index < -0.39 is 5.91 Å². The minimum atomic E-state index is -0.582. The normalized spacial score (nSPS) is 20.0. The van der Waals surface area contributed by atoms with E-state index in [1.165, 1.54) is 11.3 Å². The number of carbonyl (C=O) groups is 2. The molecule has 0 aromatic heterocycles. The number of anilines is 1. The molecular weight excluding hydrogens is 322 g/mol. The maximum Gasteiger partial charge on any atom is 0.317 e. The Kier molecular flexibility index (Phi) is 5.06. The van der Waals surface area contributed by atoms with Gasteiger partial charge in [-0.05, 0) is 24.6 Å². The number of primary amides is 1. The van der Waals surface area contributed by atoms with Crippen molar-refractivity contribution in [3.05, 3.63) is 29.8 Å². The standard InChI is InChI=1S/C17H23N5O3/c1-12-3-2-4-13(9-12)21-5-7-22(8-6-21)17(24)19-11-14-10-15(16(18)23)20-25-14/h2-4,9,14H,5-8,10-11H2,1H3,(H2,18,23)(H,19,24)/t14-/m1/s1. The van der Waals surface area contributed by atoms with Gasteiger partial charge in [0.15, 0.2) is 6.10 Å². The highest BCUT2D eigenvalue weighted by Gasteiger charge is 2.26. The van der Waals surface area contributed by atoms with Crippen LogP contribution in [0.4, 0.5) is 10.5 Å². The summed E-state index contributed by atoms with van der Waals surface area (Å²) in [6.45, 7) is 5.29. The van der Waals surface area contributed by atoms with E-state index in [1.54, 1.807) is 4.90 Å². The van der Waals surface area contributed by atoms with Crippen LogP contribution in [0.25, 0.3) is 0 Å². The van der Waals surface area contributed by atoms with Gasteiger partial charge in [0.2, 0.25) is 0 Å².